The first-order valence-corrected chi connectivity index (χ1v) is 6.07. The summed E-state index contributed by atoms with van der Waals surface area (Å²) in [5.74, 6) is -0.529. The molecule has 1 saturated heterocycles. The van der Waals surface area contributed by atoms with Crippen molar-refractivity contribution in [2.24, 2.45) is 11.8 Å². The van der Waals surface area contributed by atoms with Crippen LogP contribution in [-0.2, 0) is 9.59 Å². The van der Waals surface area contributed by atoms with E-state index in [2.05, 4.69) is 0 Å². The van der Waals surface area contributed by atoms with E-state index in [9.17, 15) is 9.59 Å². The maximum absolute atomic E-state index is 12.3. The normalized spacial score (nSPS) is 26.6. The summed E-state index contributed by atoms with van der Waals surface area (Å²) in [5.41, 5.74) is 6.85. The molecule has 1 heterocycles. The highest BCUT2D eigenvalue weighted by molar-refractivity contribution is 6.22. The molecule has 18 heavy (non-hydrogen) atoms. The second-order valence-electron chi connectivity index (χ2n) is 4.76. The van der Waals surface area contributed by atoms with Crippen LogP contribution in [0.1, 0.15) is 12.8 Å². The van der Waals surface area contributed by atoms with Gasteiger partial charge >= 0.3 is 0 Å². The third-order valence-corrected chi connectivity index (χ3v) is 3.66. The van der Waals surface area contributed by atoms with E-state index in [4.69, 9.17) is 5.73 Å². The number of nitrogen functional groups attached to an aromatic ring is 1. The van der Waals surface area contributed by atoms with Gasteiger partial charge in [0.05, 0.1) is 17.5 Å². The molecular formula is C14H14N2O2. The molecule has 2 N–H and O–H groups in total. The SMILES string of the molecule is Nc1ccc(N2C(=O)[C@@H]3CC=CC[C@H]3C2=O)cc1. The first-order valence-electron chi connectivity index (χ1n) is 6.07. The zero-order valence-corrected chi connectivity index (χ0v) is 9.87. The van der Waals surface area contributed by atoms with E-state index >= 15 is 0 Å². The van der Waals surface area contributed by atoms with Crippen molar-refractivity contribution in [1.29, 1.82) is 0 Å². The maximum Gasteiger partial charge on any atom is 0.238 e. The summed E-state index contributed by atoms with van der Waals surface area (Å²) in [5, 5.41) is 0. The van der Waals surface area contributed by atoms with Crippen LogP contribution in [0.5, 0.6) is 0 Å². The first-order chi connectivity index (χ1) is 8.68. The average molecular weight is 242 g/mol. The minimum Gasteiger partial charge on any atom is -0.399 e. The lowest BCUT2D eigenvalue weighted by Crippen LogP contribution is -2.30. The Morgan fingerprint density at radius 1 is 0.944 bits per heavy atom. The number of amides is 2. The highest BCUT2D eigenvalue weighted by atomic mass is 16.2. The van der Waals surface area contributed by atoms with Gasteiger partial charge in [0.1, 0.15) is 0 Å². The van der Waals surface area contributed by atoms with Crippen molar-refractivity contribution in [3.05, 3.63) is 36.4 Å². The molecule has 1 aromatic rings. The van der Waals surface area contributed by atoms with Crippen LogP contribution in [0.2, 0.25) is 0 Å². The van der Waals surface area contributed by atoms with Crippen molar-refractivity contribution in [1.82, 2.24) is 0 Å². The van der Waals surface area contributed by atoms with Crippen molar-refractivity contribution in [3.8, 4) is 0 Å². The van der Waals surface area contributed by atoms with Crippen LogP contribution in [0, 0.1) is 11.8 Å². The van der Waals surface area contributed by atoms with Gasteiger partial charge in [-0.15, -0.1) is 0 Å². The molecule has 2 aliphatic rings. The van der Waals surface area contributed by atoms with Crippen molar-refractivity contribution >= 4 is 23.2 Å². The number of allylic oxidation sites excluding steroid dienone is 2. The monoisotopic (exact) mass is 242 g/mol. The fourth-order valence-corrected chi connectivity index (χ4v) is 2.68. The van der Waals surface area contributed by atoms with Crippen molar-refractivity contribution in [2.45, 2.75) is 12.8 Å². The van der Waals surface area contributed by atoms with Crippen molar-refractivity contribution in [3.63, 3.8) is 0 Å². The van der Waals surface area contributed by atoms with Gasteiger partial charge in [0.15, 0.2) is 0 Å². The summed E-state index contributed by atoms with van der Waals surface area (Å²) in [6.07, 6.45) is 5.30. The summed E-state index contributed by atoms with van der Waals surface area (Å²) >= 11 is 0. The third kappa shape index (κ3) is 1.53. The molecule has 0 unspecified atom stereocenters. The van der Waals surface area contributed by atoms with Gasteiger partial charge in [-0.2, -0.15) is 0 Å². The van der Waals surface area contributed by atoms with Crippen LogP contribution in [0.25, 0.3) is 0 Å². The molecule has 0 spiro atoms. The Balaban J connectivity index is 1.96. The number of hydrogen-bond acceptors (Lipinski definition) is 3. The Hall–Kier alpha value is -2.10. The molecule has 1 fully saturated rings. The second kappa shape index (κ2) is 3.98. The molecule has 0 bridgehead atoms. The molecule has 0 saturated carbocycles. The lowest BCUT2D eigenvalue weighted by Gasteiger charge is -2.14. The molecule has 0 radical (unpaired) electrons. The molecule has 0 aromatic heterocycles. The van der Waals surface area contributed by atoms with E-state index in [1.807, 2.05) is 12.2 Å². The lowest BCUT2D eigenvalue weighted by atomic mass is 9.85. The molecule has 92 valence electrons. The average Bonchev–Trinajstić information content (AvgIpc) is 2.64. The molecule has 1 aliphatic heterocycles. The van der Waals surface area contributed by atoms with E-state index in [0.29, 0.717) is 24.2 Å². The van der Waals surface area contributed by atoms with Gasteiger partial charge in [-0.1, -0.05) is 12.2 Å². The van der Waals surface area contributed by atoms with Crippen molar-refractivity contribution < 1.29 is 9.59 Å². The van der Waals surface area contributed by atoms with Crippen LogP contribution in [0.4, 0.5) is 11.4 Å². The Bertz CT molecular complexity index is 507. The fraction of sp³-hybridized carbons (Fsp3) is 0.286. The van der Waals surface area contributed by atoms with E-state index in [1.165, 1.54) is 4.90 Å². The molecule has 2 atom stereocenters. The number of hydrogen-bond donors (Lipinski definition) is 1. The quantitative estimate of drug-likeness (QED) is 0.463. The Morgan fingerprint density at radius 2 is 1.44 bits per heavy atom. The van der Waals surface area contributed by atoms with Gasteiger partial charge < -0.3 is 5.73 Å². The predicted octanol–water partition coefficient (Wildman–Crippen LogP) is 1.72. The zero-order chi connectivity index (χ0) is 12.7. The molecular weight excluding hydrogens is 228 g/mol. The van der Waals surface area contributed by atoms with Gasteiger partial charge in [0.25, 0.3) is 0 Å². The fourth-order valence-electron chi connectivity index (χ4n) is 2.68. The topological polar surface area (TPSA) is 63.4 Å². The smallest absolute Gasteiger partial charge is 0.238 e. The van der Waals surface area contributed by atoms with Crippen LogP contribution in [0.3, 0.4) is 0 Å². The van der Waals surface area contributed by atoms with Crippen molar-refractivity contribution in [2.75, 3.05) is 10.6 Å². The number of nitrogens with zero attached hydrogens (tertiary/aromatic N) is 1. The standard InChI is InChI=1S/C14H14N2O2/c15-9-5-7-10(8-6-9)16-13(17)11-3-1-2-4-12(11)14(16)18/h1-2,5-8,11-12H,3-4,15H2/t11-,12-/m1/s1. The maximum atomic E-state index is 12.3. The van der Waals surface area contributed by atoms with E-state index in [0.717, 1.165) is 0 Å². The second-order valence-corrected chi connectivity index (χ2v) is 4.76. The number of nitrogens with two attached hydrogens (primary N) is 1. The van der Waals surface area contributed by atoms with E-state index in [-0.39, 0.29) is 23.7 Å². The summed E-state index contributed by atoms with van der Waals surface area (Å²) in [6.45, 7) is 0. The predicted molar refractivity (Wildman–Crippen MR) is 68.7 cm³/mol. The number of carbonyl (C=O) groups excluding carboxylic acids is 2. The van der Waals surface area contributed by atoms with Gasteiger partial charge in [-0.05, 0) is 37.1 Å². The van der Waals surface area contributed by atoms with Crippen LogP contribution < -0.4 is 10.6 Å². The molecule has 3 rings (SSSR count). The van der Waals surface area contributed by atoms with E-state index in [1.54, 1.807) is 24.3 Å². The molecule has 4 nitrogen and oxygen atoms in total. The molecule has 4 heteroatoms. The summed E-state index contributed by atoms with van der Waals surface area (Å²) < 4.78 is 0. The number of rotatable bonds is 1. The first kappa shape index (κ1) is 11.0. The summed E-state index contributed by atoms with van der Waals surface area (Å²) in [7, 11) is 0. The Kier molecular flexibility index (Phi) is 2.44. The number of imide groups is 1. The lowest BCUT2D eigenvalue weighted by molar-refractivity contribution is -0.122. The largest absolute Gasteiger partial charge is 0.399 e. The molecule has 1 aliphatic carbocycles. The van der Waals surface area contributed by atoms with Crippen LogP contribution >= 0.6 is 0 Å². The van der Waals surface area contributed by atoms with Gasteiger partial charge in [0.2, 0.25) is 11.8 Å². The van der Waals surface area contributed by atoms with Crippen LogP contribution in [0.15, 0.2) is 36.4 Å². The highest BCUT2D eigenvalue weighted by Gasteiger charge is 2.47. The zero-order valence-electron chi connectivity index (χ0n) is 9.87. The minimum absolute atomic E-state index is 0.0841. The number of benzene rings is 1. The minimum atomic E-state index is -0.181. The highest BCUT2D eigenvalue weighted by Crippen LogP contribution is 2.37. The third-order valence-electron chi connectivity index (χ3n) is 3.66. The number of carbonyl (C=O) groups is 2. The van der Waals surface area contributed by atoms with E-state index < -0.39 is 0 Å². The van der Waals surface area contributed by atoms with Gasteiger partial charge in [0, 0.05) is 5.69 Å². The number of fused-ring (bicyclic) bond motifs is 1. The van der Waals surface area contributed by atoms with Crippen LogP contribution in [-0.4, -0.2) is 11.8 Å². The Morgan fingerprint density at radius 3 is 1.94 bits per heavy atom. The molecule has 2 amide bonds. The summed E-state index contributed by atoms with van der Waals surface area (Å²) in [6, 6.07) is 6.85. The van der Waals surface area contributed by atoms with Gasteiger partial charge in [-0.3, -0.25) is 14.5 Å². The summed E-state index contributed by atoms with van der Waals surface area (Å²) in [4.78, 5) is 25.9. The number of anilines is 2. The molecule has 1 aromatic carbocycles. The Labute approximate surface area is 105 Å². The van der Waals surface area contributed by atoms with Gasteiger partial charge in [-0.25, -0.2) is 0 Å².